The van der Waals surface area contributed by atoms with Crippen molar-refractivity contribution in [1.82, 2.24) is 9.88 Å². The van der Waals surface area contributed by atoms with Crippen LogP contribution in [0, 0.1) is 5.41 Å². The second-order valence-corrected chi connectivity index (χ2v) is 11.9. The maximum absolute atomic E-state index is 13.9. The van der Waals surface area contributed by atoms with Crippen LogP contribution in [0.4, 0.5) is 5.82 Å². The molecule has 2 aromatic heterocycles. The second-order valence-electron chi connectivity index (χ2n) is 9.99. The van der Waals surface area contributed by atoms with E-state index in [1.807, 2.05) is 24.3 Å². The number of aromatic nitrogens is 1. The van der Waals surface area contributed by atoms with Gasteiger partial charge in [0.1, 0.15) is 5.82 Å². The fraction of sp³-hybridized carbons (Fsp3) is 0.379. The number of likely N-dealkylation sites (tertiary alicyclic amines) is 1. The van der Waals surface area contributed by atoms with Gasteiger partial charge < -0.3 is 9.64 Å². The summed E-state index contributed by atoms with van der Waals surface area (Å²) >= 11 is 3.50. The number of hydrogen-bond donors (Lipinski definition) is 0. The molecule has 2 aliphatic heterocycles. The monoisotopic (exact) mass is 519 g/mol. The van der Waals surface area contributed by atoms with Crippen molar-refractivity contribution in [3.05, 3.63) is 81.7 Å². The number of pyridine rings is 1. The van der Waals surface area contributed by atoms with Crippen LogP contribution in [0.25, 0.3) is 6.08 Å². The minimum absolute atomic E-state index is 0.127. The van der Waals surface area contributed by atoms with Gasteiger partial charge in [0.15, 0.2) is 5.78 Å². The van der Waals surface area contributed by atoms with Crippen molar-refractivity contribution in [1.29, 1.82) is 0 Å². The number of carbonyl (C=O) groups excluding carboxylic acids is 1. The van der Waals surface area contributed by atoms with Gasteiger partial charge in [0.25, 0.3) is 0 Å². The van der Waals surface area contributed by atoms with E-state index in [2.05, 4.69) is 71.7 Å². The first-order valence-corrected chi connectivity index (χ1v) is 14.5. The Balaban J connectivity index is 1.58. The Kier molecular flexibility index (Phi) is 7.62. The lowest BCUT2D eigenvalue weighted by Gasteiger charge is -2.44. The van der Waals surface area contributed by atoms with Gasteiger partial charge in [0.2, 0.25) is 0 Å². The first-order valence-electron chi connectivity index (χ1n) is 12.4. The number of morpholine rings is 1. The fourth-order valence-corrected chi connectivity index (χ4v) is 6.24. The van der Waals surface area contributed by atoms with Crippen LogP contribution < -0.4 is 4.90 Å². The van der Waals surface area contributed by atoms with Gasteiger partial charge in [-0.1, -0.05) is 38.1 Å². The van der Waals surface area contributed by atoms with Crippen molar-refractivity contribution in [2.75, 3.05) is 44.0 Å². The van der Waals surface area contributed by atoms with Crippen LogP contribution in [0.5, 0.6) is 0 Å². The zero-order valence-corrected chi connectivity index (χ0v) is 22.8. The summed E-state index contributed by atoms with van der Waals surface area (Å²) in [4.78, 5) is 26.1. The molecule has 4 heterocycles. The molecule has 0 amide bonds. The van der Waals surface area contributed by atoms with Gasteiger partial charge in [-0.2, -0.15) is 0 Å². The van der Waals surface area contributed by atoms with E-state index in [9.17, 15) is 4.79 Å². The summed E-state index contributed by atoms with van der Waals surface area (Å²) in [6.07, 6.45) is 4.12. The molecule has 0 saturated carbocycles. The summed E-state index contributed by atoms with van der Waals surface area (Å²) in [6.45, 7) is 8.73. The number of ketones is 1. The molecule has 0 spiro atoms. The molecular formula is C29H33N3O2S2. The molecule has 5 rings (SSSR count). The van der Waals surface area contributed by atoms with Crippen molar-refractivity contribution in [2.45, 2.75) is 31.3 Å². The SMILES string of the molecule is CSc1ccc(C2C(=Cc3cccc(N4CCOCC4)n3)C(=O)C(C)(C)CN2Cc2cccs2)cc1. The average molecular weight is 520 g/mol. The van der Waals surface area contributed by atoms with Gasteiger partial charge in [0.05, 0.1) is 24.9 Å². The predicted octanol–water partition coefficient (Wildman–Crippen LogP) is 5.94. The van der Waals surface area contributed by atoms with E-state index in [1.54, 1.807) is 23.1 Å². The summed E-state index contributed by atoms with van der Waals surface area (Å²) in [5.74, 6) is 1.13. The summed E-state index contributed by atoms with van der Waals surface area (Å²) in [7, 11) is 0. The number of hydrogen-bond acceptors (Lipinski definition) is 7. The Hall–Kier alpha value is -2.45. The summed E-state index contributed by atoms with van der Waals surface area (Å²) in [5.41, 5.74) is 2.29. The minimum atomic E-state index is -0.485. The van der Waals surface area contributed by atoms with Crippen LogP contribution in [0.3, 0.4) is 0 Å². The highest BCUT2D eigenvalue weighted by molar-refractivity contribution is 7.98. The molecule has 0 radical (unpaired) electrons. The van der Waals surface area contributed by atoms with E-state index in [1.165, 1.54) is 9.77 Å². The van der Waals surface area contributed by atoms with Crippen molar-refractivity contribution in [3.8, 4) is 0 Å². The molecule has 2 fully saturated rings. The molecule has 0 bridgehead atoms. The van der Waals surface area contributed by atoms with Crippen LogP contribution in [-0.2, 0) is 16.1 Å². The zero-order chi connectivity index (χ0) is 25.1. The van der Waals surface area contributed by atoms with Crippen molar-refractivity contribution in [3.63, 3.8) is 0 Å². The largest absolute Gasteiger partial charge is 0.378 e. The van der Waals surface area contributed by atoms with Gasteiger partial charge in [-0.05, 0) is 53.6 Å². The quantitative estimate of drug-likeness (QED) is 0.297. The zero-order valence-electron chi connectivity index (χ0n) is 21.1. The van der Waals surface area contributed by atoms with Crippen LogP contribution in [0.2, 0.25) is 0 Å². The highest BCUT2D eigenvalue weighted by atomic mass is 32.2. The Morgan fingerprint density at radius 3 is 2.58 bits per heavy atom. The number of carbonyl (C=O) groups is 1. The number of thioether (sulfide) groups is 1. The molecule has 36 heavy (non-hydrogen) atoms. The number of piperidine rings is 1. The summed E-state index contributed by atoms with van der Waals surface area (Å²) in [6, 6.07) is 18.9. The van der Waals surface area contributed by atoms with Gasteiger partial charge >= 0.3 is 0 Å². The Morgan fingerprint density at radius 2 is 1.89 bits per heavy atom. The standard InChI is InChI=1S/C29H33N3O2S2/c1-29(2)20-32(19-24-7-5-17-36-24)27(21-9-11-23(35-3)12-10-21)25(28(29)33)18-22-6-4-8-26(30-22)31-13-15-34-16-14-31/h4-12,17-18,27H,13-16,19-20H2,1-3H3. The molecule has 7 heteroatoms. The Labute approximate surface area is 222 Å². The van der Waals surface area contributed by atoms with E-state index < -0.39 is 5.41 Å². The highest BCUT2D eigenvalue weighted by Crippen LogP contribution is 2.43. The lowest BCUT2D eigenvalue weighted by molar-refractivity contribution is -0.128. The molecule has 2 saturated heterocycles. The molecule has 0 N–H and O–H groups in total. The second kappa shape index (κ2) is 10.9. The lowest BCUT2D eigenvalue weighted by atomic mass is 9.74. The van der Waals surface area contributed by atoms with Gasteiger partial charge in [-0.25, -0.2) is 4.98 Å². The molecule has 1 unspecified atom stereocenters. The Bertz CT molecular complexity index is 1220. The maximum Gasteiger partial charge on any atom is 0.167 e. The van der Waals surface area contributed by atoms with Crippen LogP contribution in [0.1, 0.15) is 36.0 Å². The number of nitrogens with zero attached hydrogens (tertiary/aromatic N) is 3. The van der Waals surface area contributed by atoms with E-state index in [4.69, 9.17) is 9.72 Å². The topological polar surface area (TPSA) is 45.7 Å². The average Bonchev–Trinajstić information content (AvgIpc) is 3.41. The maximum atomic E-state index is 13.9. The van der Waals surface area contributed by atoms with Crippen molar-refractivity contribution in [2.24, 2.45) is 5.41 Å². The number of Topliss-reactive ketones (excluding diaryl/α,β-unsaturated/α-hetero) is 1. The van der Waals surface area contributed by atoms with E-state index >= 15 is 0 Å². The first kappa shape index (κ1) is 25.2. The van der Waals surface area contributed by atoms with Crippen LogP contribution in [-0.4, -0.2) is 54.8 Å². The molecule has 2 aliphatic rings. The number of thiophene rings is 1. The molecular weight excluding hydrogens is 486 g/mol. The number of benzene rings is 1. The third-order valence-electron chi connectivity index (χ3n) is 6.90. The van der Waals surface area contributed by atoms with E-state index in [0.717, 1.165) is 42.3 Å². The lowest BCUT2D eigenvalue weighted by Crippen LogP contribution is -2.48. The van der Waals surface area contributed by atoms with Gasteiger partial charge in [-0.15, -0.1) is 23.1 Å². The van der Waals surface area contributed by atoms with Gasteiger partial charge in [0, 0.05) is 46.9 Å². The number of rotatable bonds is 6. The fourth-order valence-electron chi connectivity index (χ4n) is 5.10. The number of ether oxygens (including phenoxy) is 1. The highest BCUT2D eigenvalue weighted by Gasteiger charge is 2.44. The first-order chi connectivity index (χ1) is 17.4. The molecule has 188 valence electrons. The molecule has 3 aromatic rings. The molecule has 0 aliphatic carbocycles. The third kappa shape index (κ3) is 5.44. The van der Waals surface area contributed by atoms with Crippen LogP contribution in [0.15, 0.2) is 70.4 Å². The third-order valence-corrected chi connectivity index (χ3v) is 8.50. The van der Waals surface area contributed by atoms with E-state index in [-0.39, 0.29) is 11.8 Å². The minimum Gasteiger partial charge on any atom is -0.378 e. The number of anilines is 1. The smallest absolute Gasteiger partial charge is 0.167 e. The normalized spacial score (nSPS) is 21.8. The van der Waals surface area contributed by atoms with Gasteiger partial charge in [-0.3, -0.25) is 9.69 Å². The predicted molar refractivity (Wildman–Crippen MR) is 150 cm³/mol. The molecule has 5 nitrogen and oxygen atoms in total. The molecule has 1 atom stereocenters. The Morgan fingerprint density at radius 1 is 1.11 bits per heavy atom. The van der Waals surface area contributed by atoms with Crippen molar-refractivity contribution >= 4 is 40.8 Å². The van der Waals surface area contributed by atoms with Crippen molar-refractivity contribution < 1.29 is 9.53 Å². The summed E-state index contributed by atoms with van der Waals surface area (Å²) < 4.78 is 5.51. The molecule has 1 aromatic carbocycles. The van der Waals surface area contributed by atoms with E-state index in [0.29, 0.717) is 19.8 Å². The van der Waals surface area contributed by atoms with Crippen LogP contribution >= 0.6 is 23.1 Å². The summed E-state index contributed by atoms with van der Waals surface area (Å²) in [5, 5.41) is 2.12.